The molecule has 1 heterocycles. The third-order valence-corrected chi connectivity index (χ3v) is 5.86. The Morgan fingerprint density at radius 3 is 2.53 bits per heavy atom. The van der Waals surface area contributed by atoms with E-state index in [2.05, 4.69) is 19.2 Å². The standard InChI is InChI=1S/C22H26N2O6/c1-13-5-4-6-18(14(13)2)23-21(25)15(3)29-22(26)20-12-11-19(30-20)16-7-9-17(10-8-16)24(27)28/h7-15,18H,4-6H2,1-3H3,(H,23,25)/t13-,14+,15+,18+/m1/s1. The first-order chi connectivity index (χ1) is 14.3. The summed E-state index contributed by atoms with van der Waals surface area (Å²) in [6, 6.07) is 8.90. The molecule has 30 heavy (non-hydrogen) atoms. The van der Waals surface area contributed by atoms with Gasteiger partial charge in [0.1, 0.15) is 5.76 Å². The van der Waals surface area contributed by atoms with Gasteiger partial charge in [0.15, 0.2) is 6.10 Å². The number of hydrogen-bond acceptors (Lipinski definition) is 6. The monoisotopic (exact) mass is 414 g/mol. The minimum absolute atomic E-state index is 0.0357. The van der Waals surface area contributed by atoms with Crippen LogP contribution in [0.2, 0.25) is 0 Å². The van der Waals surface area contributed by atoms with E-state index in [1.165, 1.54) is 37.3 Å². The van der Waals surface area contributed by atoms with Crippen molar-refractivity contribution in [1.29, 1.82) is 0 Å². The molecule has 8 heteroatoms. The van der Waals surface area contributed by atoms with Gasteiger partial charge in [-0.05, 0) is 49.4 Å². The number of carbonyl (C=O) groups excluding carboxylic acids is 2. The summed E-state index contributed by atoms with van der Waals surface area (Å²) in [4.78, 5) is 35.1. The summed E-state index contributed by atoms with van der Waals surface area (Å²) in [7, 11) is 0. The zero-order valence-electron chi connectivity index (χ0n) is 17.3. The normalized spacial score (nSPS) is 22.2. The Balaban J connectivity index is 1.59. The molecule has 2 aromatic rings. The Morgan fingerprint density at radius 2 is 1.87 bits per heavy atom. The molecule has 1 aromatic heterocycles. The van der Waals surface area contributed by atoms with Crippen LogP contribution in [0, 0.1) is 22.0 Å². The van der Waals surface area contributed by atoms with Crippen molar-refractivity contribution in [2.45, 2.75) is 52.2 Å². The number of rotatable bonds is 6. The van der Waals surface area contributed by atoms with Crippen LogP contribution in [-0.4, -0.2) is 28.9 Å². The van der Waals surface area contributed by atoms with E-state index in [1.807, 2.05) is 0 Å². The Kier molecular flexibility index (Phi) is 6.54. The summed E-state index contributed by atoms with van der Waals surface area (Å²) >= 11 is 0. The number of non-ortho nitro benzene ring substituents is 1. The van der Waals surface area contributed by atoms with E-state index < -0.39 is 17.0 Å². The van der Waals surface area contributed by atoms with Crippen molar-refractivity contribution in [3.8, 4) is 11.3 Å². The first-order valence-corrected chi connectivity index (χ1v) is 10.1. The van der Waals surface area contributed by atoms with E-state index in [1.54, 1.807) is 6.07 Å². The minimum Gasteiger partial charge on any atom is -0.449 e. The van der Waals surface area contributed by atoms with Gasteiger partial charge < -0.3 is 14.5 Å². The number of carbonyl (C=O) groups is 2. The lowest BCUT2D eigenvalue weighted by molar-refractivity contribution is -0.384. The number of amides is 1. The first kappa shape index (κ1) is 21.5. The number of nitrogens with zero attached hydrogens (tertiary/aromatic N) is 1. The highest BCUT2D eigenvalue weighted by atomic mass is 16.6. The Bertz CT molecular complexity index is 920. The molecule has 1 amide bonds. The van der Waals surface area contributed by atoms with Gasteiger partial charge in [-0.1, -0.05) is 26.7 Å². The van der Waals surface area contributed by atoms with Crippen molar-refractivity contribution in [3.05, 3.63) is 52.3 Å². The van der Waals surface area contributed by atoms with Crippen LogP contribution in [-0.2, 0) is 9.53 Å². The molecule has 0 aliphatic heterocycles. The van der Waals surface area contributed by atoms with Gasteiger partial charge in [-0.15, -0.1) is 0 Å². The lowest BCUT2D eigenvalue weighted by atomic mass is 9.78. The molecule has 1 fully saturated rings. The van der Waals surface area contributed by atoms with Crippen molar-refractivity contribution in [2.75, 3.05) is 0 Å². The second-order valence-electron chi connectivity index (χ2n) is 7.90. The second kappa shape index (κ2) is 9.11. The second-order valence-corrected chi connectivity index (χ2v) is 7.90. The highest BCUT2D eigenvalue weighted by molar-refractivity contribution is 5.90. The number of nitro groups is 1. The molecule has 160 valence electrons. The van der Waals surface area contributed by atoms with Crippen molar-refractivity contribution in [1.82, 2.24) is 5.32 Å². The number of ether oxygens (including phenoxy) is 1. The van der Waals surface area contributed by atoms with Gasteiger partial charge in [-0.25, -0.2) is 4.79 Å². The highest BCUT2D eigenvalue weighted by Crippen LogP contribution is 2.29. The first-order valence-electron chi connectivity index (χ1n) is 10.1. The SMILES string of the molecule is C[C@H]1[C@H](C)CCC[C@@H]1NC(=O)[C@H](C)OC(=O)c1ccc(-c2ccc([N+](=O)[O-])cc2)o1. The Hall–Kier alpha value is -3.16. The number of nitrogens with one attached hydrogen (secondary N) is 1. The average Bonchev–Trinajstić information content (AvgIpc) is 3.22. The quantitative estimate of drug-likeness (QED) is 0.427. The molecule has 1 saturated carbocycles. The van der Waals surface area contributed by atoms with Crippen LogP contribution in [0.15, 0.2) is 40.8 Å². The van der Waals surface area contributed by atoms with E-state index in [0.717, 1.165) is 19.3 Å². The van der Waals surface area contributed by atoms with Crippen LogP contribution in [0.5, 0.6) is 0 Å². The lowest BCUT2D eigenvalue weighted by Crippen LogP contribution is -2.47. The molecular weight excluding hydrogens is 388 g/mol. The average molecular weight is 414 g/mol. The smallest absolute Gasteiger partial charge is 0.375 e. The summed E-state index contributed by atoms with van der Waals surface area (Å²) < 4.78 is 10.8. The summed E-state index contributed by atoms with van der Waals surface area (Å²) in [6.45, 7) is 5.85. The zero-order valence-corrected chi connectivity index (χ0v) is 17.3. The van der Waals surface area contributed by atoms with Gasteiger partial charge in [-0.3, -0.25) is 14.9 Å². The third-order valence-electron chi connectivity index (χ3n) is 5.86. The summed E-state index contributed by atoms with van der Waals surface area (Å²) in [5, 5.41) is 13.7. The molecule has 1 aliphatic rings. The number of furan rings is 1. The fourth-order valence-corrected chi connectivity index (χ4v) is 3.71. The van der Waals surface area contributed by atoms with Gasteiger partial charge in [-0.2, -0.15) is 0 Å². The minimum atomic E-state index is -0.949. The zero-order chi connectivity index (χ0) is 21.8. The Morgan fingerprint density at radius 1 is 1.17 bits per heavy atom. The molecule has 3 rings (SSSR count). The maximum atomic E-state index is 12.5. The summed E-state index contributed by atoms with van der Waals surface area (Å²) in [5.74, 6) is 0.191. The molecule has 0 saturated heterocycles. The fraction of sp³-hybridized carbons (Fsp3) is 0.455. The van der Waals surface area contributed by atoms with E-state index in [9.17, 15) is 19.7 Å². The topological polar surface area (TPSA) is 112 Å². The summed E-state index contributed by atoms with van der Waals surface area (Å²) in [5.41, 5.74) is 0.553. The largest absolute Gasteiger partial charge is 0.449 e. The van der Waals surface area contributed by atoms with Gasteiger partial charge in [0.2, 0.25) is 5.76 Å². The van der Waals surface area contributed by atoms with Crippen molar-refractivity contribution in [2.24, 2.45) is 11.8 Å². The predicted molar refractivity (Wildman–Crippen MR) is 110 cm³/mol. The van der Waals surface area contributed by atoms with Crippen molar-refractivity contribution < 1.29 is 23.7 Å². The van der Waals surface area contributed by atoms with Crippen LogP contribution in [0.1, 0.15) is 50.6 Å². The third kappa shape index (κ3) is 4.87. The maximum Gasteiger partial charge on any atom is 0.375 e. The van der Waals surface area contributed by atoms with Gasteiger partial charge in [0.25, 0.3) is 11.6 Å². The molecular formula is C22H26N2O6. The molecule has 0 radical (unpaired) electrons. The molecule has 0 spiro atoms. The number of esters is 1. The molecule has 1 aliphatic carbocycles. The molecule has 4 atom stereocenters. The maximum absolute atomic E-state index is 12.5. The number of hydrogen-bond donors (Lipinski definition) is 1. The van der Waals surface area contributed by atoms with E-state index >= 15 is 0 Å². The predicted octanol–water partition coefficient (Wildman–Crippen LogP) is 4.34. The molecule has 0 bridgehead atoms. The van der Waals surface area contributed by atoms with Crippen LogP contribution >= 0.6 is 0 Å². The van der Waals surface area contributed by atoms with E-state index in [-0.39, 0.29) is 23.4 Å². The van der Waals surface area contributed by atoms with Crippen LogP contribution < -0.4 is 5.32 Å². The van der Waals surface area contributed by atoms with Crippen LogP contribution in [0.3, 0.4) is 0 Å². The molecule has 8 nitrogen and oxygen atoms in total. The lowest BCUT2D eigenvalue weighted by Gasteiger charge is -2.35. The van der Waals surface area contributed by atoms with Gasteiger partial charge in [0, 0.05) is 23.7 Å². The van der Waals surface area contributed by atoms with Gasteiger partial charge in [0.05, 0.1) is 4.92 Å². The molecule has 0 unspecified atom stereocenters. The molecule has 1 aromatic carbocycles. The van der Waals surface area contributed by atoms with Gasteiger partial charge >= 0.3 is 5.97 Å². The van der Waals surface area contributed by atoms with Crippen LogP contribution in [0.4, 0.5) is 5.69 Å². The highest BCUT2D eigenvalue weighted by Gasteiger charge is 2.30. The molecule has 1 N–H and O–H groups in total. The fourth-order valence-electron chi connectivity index (χ4n) is 3.71. The van der Waals surface area contributed by atoms with E-state index in [4.69, 9.17) is 9.15 Å². The van der Waals surface area contributed by atoms with Crippen LogP contribution in [0.25, 0.3) is 11.3 Å². The number of benzene rings is 1. The Labute approximate surface area is 174 Å². The van der Waals surface area contributed by atoms with Crippen molar-refractivity contribution >= 4 is 17.6 Å². The summed E-state index contributed by atoms with van der Waals surface area (Å²) in [6.07, 6.45) is 2.21. The van der Waals surface area contributed by atoms with Crippen molar-refractivity contribution in [3.63, 3.8) is 0 Å². The number of nitro benzene ring substituents is 1. The van der Waals surface area contributed by atoms with E-state index in [0.29, 0.717) is 23.2 Å².